The zero-order chi connectivity index (χ0) is 26.5. The molecule has 1 heterocycles. The van der Waals surface area contributed by atoms with Crippen LogP contribution in [-0.2, 0) is 10.5 Å². The minimum atomic E-state index is -0.559. The van der Waals surface area contributed by atoms with E-state index in [9.17, 15) is 4.79 Å². The van der Waals surface area contributed by atoms with Gasteiger partial charge in [0.25, 0.3) is 5.91 Å². The van der Waals surface area contributed by atoms with Crippen LogP contribution >= 0.6 is 11.8 Å². The van der Waals surface area contributed by atoms with Crippen molar-refractivity contribution in [1.29, 1.82) is 0 Å². The third-order valence-corrected chi connectivity index (χ3v) is 7.41. The van der Waals surface area contributed by atoms with Crippen LogP contribution in [0, 0.1) is 0 Å². The molecule has 0 fully saturated rings. The summed E-state index contributed by atoms with van der Waals surface area (Å²) in [5.74, 6) is 1.80. The molecular weight excluding hydrogens is 494 g/mol. The van der Waals surface area contributed by atoms with Crippen LogP contribution in [0.1, 0.15) is 24.1 Å². The third-order valence-electron chi connectivity index (χ3n) is 6.47. The van der Waals surface area contributed by atoms with Crippen molar-refractivity contribution in [3.8, 4) is 11.5 Å². The van der Waals surface area contributed by atoms with Gasteiger partial charge in [-0.25, -0.2) is 4.99 Å². The number of thioether (sulfide) groups is 1. The number of allylic oxidation sites excluding steroid dienone is 1. The van der Waals surface area contributed by atoms with E-state index in [0.29, 0.717) is 17.1 Å². The van der Waals surface area contributed by atoms with E-state index in [1.807, 2.05) is 55.5 Å². The zero-order valence-electron chi connectivity index (χ0n) is 21.5. The maximum absolute atomic E-state index is 13.6. The van der Waals surface area contributed by atoms with E-state index in [4.69, 9.17) is 14.5 Å². The molecule has 0 saturated heterocycles. The summed E-state index contributed by atoms with van der Waals surface area (Å²) in [5, 5.41) is 9.57. The summed E-state index contributed by atoms with van der Waals surface area (Å²) in [6.45, 7) is 1.91. The lowest BCUT2D eigenvalue weighted by Gasteiger charge is -2.27. The van der Waals surface area contributed by atoms with Gasteiger partial charge in [-0.2, -0.15) is 0 Å². The summed E-state index contributed by atoms with van der Waals surface area (Å²) >= 11 is 1.61. The molecule has 4 aromatic rings. The van der Waals surface area contributed by atoms with Gasteiger partial charge in [0, 0.05) is 28.8 Å². The molecule has 6 nitrogen and oxygen atoms in total. The van der Waals surface area contributed by atoms with E-state index in [0.717, 1.165) is 27.9 Å². The molecule has 0 aromatic heterocycles. The molecule has 1 aliphatic rings. The van der Waals surface area contributed by atoms with E-state index in [-0.39, 0.29) is 5.91 Å². The number of carbonyl (C=O) groups is 1. The SMILES string of the molecule is COc1ccc([C@H]2N=C(SCc3cccc4ccccc34)NC(C)=C2C(=O)Nc2ccccc2)c(OC)c1. The van der Waals surface area contributed by atoms with Crippen LogP contribution in [0.4, 0.5) is 5.69 Å². The van der Waals surface area contributed by atoms with Crippen molar-refractivity contribution in [3.63, 3.8) is 0 Å². The maximum atomic E-state index is 13.6. The summed E-state index contributed by atoms with van der Waals surface area (Å²) in [6, 6.07) is 29.2. The van der Waals surface area contributed by atoms with Crippen molar-refractivity contribution >= 4 is 39.3 Å². The number of para-hydroxylation sites is 1. The monoisotopic (exact) mass is 523 g/mol. The molecule has 7 heteroatoms. The number of benzene rings is 4. The van der Waals surface area contributed by atoms with Crippen molar-refractivity contribution in [2.45, 2.75) is 18.7 Å². The summed E-state index contributed by atoms with van der Waals surface area (Å²) in [5.41, 5.74) is 4.02. The Morgan fingerprint density at radius 2 is 1.71 bits per heavy atom. The molecule has 1 amide bonds. The fourth-order valence-electron chi connectivity index (χ4n) is 4.57. The molecule has 5 rings (SSSR count). The van der Waals surface area contributed by atoms with Crippen LogP contribution in [0.3, 0.4) is 0 Å². The number of nitrogens with one attached hydrogen (secondary N) is 2. The molecule has 0 bridgehead atoms. The average Bonchev–Trinajstić information content (AvgIpc) is 2.95. The number of hydrogen-bond donors (Lipinski definition) is 2. The molecule has 38 heavy (non-hydrogen) atoms. The Kier molecular flexibility index (Phi) is 7.65. The van der Waals surface area contributed by atoms with Crippen LogP contribution in [-0.4, -0.2) is 25.3 Å². The first-order chi connectivity index (χ1) is 18.6. The second-order valence-corrected chi connectivity index (χ2v) is 9.82. The molecule has 192 valence electrons. The molecular formula is C31H29N3O3S. The van der Waals surface area contributed by atoms with Crippen molar-refractivity contribution in [2.75, 3.05) is 19.5 Å². The number of aliphatic imine (C=N–C) groups is 1. The summed E-state index contributed by atoms with van der Waals surface area (Å²) in [4.78, 5) is 18.6. The number of rotatable bonds is 7. The summed E-state index contributed by atoms with van der Waals surface area (Å²) in [7, 11) is 3.22. The van der Waals surface area contributed by atoms with Gasteiger partial charge < -0.3 is 20.1 Å². The number of methoxy groups -OCH3 is 2. The molecule has 0 radical (unpaired) electrons. The number of amides is 1. The second kappa shape index (κ2) is 11.4. The lowest BCUT2D eigenvalue weighted by atomic mass is 9.95. The van der Waals surface area contributed by atoms with Gasteiger partial charge in [0.1, 0.15) is 17.5 Å². The number of fused-ring (bicyclic) bond motifs is 1. The van der Waals surface area contributed by atoms with Gasteiger partial charge in [-0.05, 0) is 47.5 Å². The maximum Gasteiger partial charge on any atom is 0.255 e. The Bertz CT molecular complexity index is 1530. The number of ether oxygens (including phenoxy) is 2. The van der Waals surface area contributed by atoms with Crippen LogP contribution < -0.4 is 20.1 Å². The van der Waals surface area contributed by atoms with Gasteiger partial charge >= 0.3 is 0 Å². The molecule has 0 spiro atoms. The molecule has 2 N–H and O–H groups in total. The smallest absolute Gasteiger partial charge is 0.255 e. The Hall–Kier alpha value is -4.23. The number of carbonyl (C=O) groups excluding carboxylic acids is 1. The van der Waals surface area contributed by atoms with Gasteiger partial charge in [-0.15, -0.1) is 0 Å². The van der Waals surface area contributed by atoms with Crippen LogP contribution in [0.25, 0.3) is 10.8 Å². The lowest BCUT2D eigenvalue weighted by molar-refractivity contribution is -0.113. The van der Waals surface area contributed by atoms with Crippen molar-refractivity contribution in [2.24, 2.45) is 4.99 Å². The fourth-order valence-corrected chi connectivity index (χ4v) is 5.52. The number of amidine groups is 1. The molecule has 1 atom stereocenters. The van der Waals surface area contributed by atoms with Crippen LogP contribution in [0.15, 0.2) is 107 Å². The van der Waals surface area contributed by atoms with Crippen molar-refractivity contribution < 1.29 is 14.3 Å². The largest absolute Gasteiger partial charge is 0.497 e. The lowest BCUT2D eigenvalue weighted by Crippen LogP contribution is -2.32. The normalized spacial score (nSPS) is 15.0. The predicted octanol–water partition coefficient (Wildman–Crippen LogP) is 6.70. The third kappa shape index (κ3) is 5.38. The topological polar surface area (TPSA) is 72.0 Å². The molecule has 0 unspecified atom stereocenters. The van der Waals surface area contributed by atoms with Gasteiger partial charge in [0.15, 0.2) is 5.17 Å². The van der Waals surface area contributed by atoms with E-state index < -0.39 is 6.04 Å². The Labute approximate surface area is 226 Å². The molecule has 0 aliphatic carbocycles. The first-order valence-electron chi connectivity index (χ1n) is 12.3. The van der Waals surface area contributed by atoms with Gasteiger partial charge in [0.05, 0.1) is 19.8 Å². The second-order valence-electron chi connectivity index (χ2n) is 8.86. The van der Waals surface area contributed by atoms with Gasteiger partial charge in [-0.1, -0.05) is 72.4 Å². The molecule has 4 aromatic carbocycles. The van der Waals surface area contributed by atoms with Crippen molar-refractivity contribution in [3.05, 3.63) is 113 Å². The Morgan fingerprint density at radius 3 is 2.50 bits per heavy atom. The number of anilines is 1. The highest BCUT2D eigenvalue weighted by atomic mass is 32.2. The Balaban J connectivity index is 1.49. The van der Waals surface area contributed by atoms with E-state index >= 15 is 0 Å². The summed E-state index contributed by atoms with van der Waals surface area (Å²) < 4.78 is 11.1. The van der Waals surface area contributed by atoms with E-state index in [1.54, 1.807) is 26.0 Å². The van der Waals surface area contributed by atoms with Crippen molar-refractivity contribution in [1.82, 2.24) is 5.32 Å². The minimum Gasteiger partial charge on any atom is -0.497 e. The highest BCUT2D eigenvalue weighted by Crippen LogP contribution is 2.39. The molecule has 0 saturated carbocycles. The van der Waals surface area contributed by atoms with Gasteiger partial charge in [0.2, 0.25) is 0 Å². The predicted molar refractivity (Wildman–Crippen MR) is 156 cm³/mol. The number of hydrogen-bond acceptors (Lipinski definition) is 6. The average molecular weight is 524 g/mol. The Morgan fingerprint density at radius 1 is 0.947 bits per heavy atom. The van der Waals surface area contributed by atoms with Crippen LogP contribution in [0.5, 0.6) is 11.5 Å². The first kappa shape index (κ1) is 25.4. The fraction of sp³-hybridized carbons (Fsp3) is 0.161. The standard InChI is InChI=1S/C31H29N3O3S/c1-20-28(30(35)33-23-13-5-4-6-14-23)29(26-17-16-24(36-2)18-27(26)37-3)34-31(32-20)38-19-22-12-9-11-21-10-7-8-15-25(21)22/h4-18,29H,19H2,1-3H3,(H,32,34)(H,33,35)/t29-/m1/s1. The van der Waals surface area contributed by atoms with Crippen LogP contribution in [0.2, 0.25) is 0 Å². The van der Waals surface area contributed by atoms with E-state index in [2.05, 4.69) is 53.1 Å². The minimum absolute atomic E-state index is 0.217. The zero-order valence-corrected chi connectivity index (χ0v) is 22.3. The number of nitrogens with zero attached hydrogens (tertiary/aromatic N) is 1. The highest BCUT2D eigenvalue weighted by molar-refractivity contribution is 8.13. The molecule has 1 aliphatic heterocycles. The van der Waals surface area contributed by atoms with E-state index in [1.165, 1.54) is 16.3 Å². The van der Waals surface area contributed by atoms with Gasteiger partial charge in [-0.3, -0.25) is 4.79 Å². The quantitative estimate of drug-likeness (QED) is 0.282. The highest BCUT2D eigenvalue weighted by Gasteiger charge is 2.31. The summed E-state index contributed by atoms with van der Waals surface area (Å²) in [6.07, 6.45) is 0. The first-order valence-corrected chi connectivity index (χ1v) is 13.3.